The number of fused-ring (bicyclic) bond motifs is 1. The second kappa shape index (κ2) is 7.87. The van der Waals surface area contributed by atoms with Crippen LogP contribution >= 0.6 is 0 Å². The summed E-state index contributed by atoms with van der Waals surface area (Å²) in [5.41, 5.74) is 3.79. The largest absolute Gasteiger partial charge is 0.486 e. The number of aromatic nitrogens is 2. The Kier molecular flexibility index (Phi) is 5.37. The molecule has 0 spiro atoms. The summed E-state index contributed by atoms with van der Waals surface area (Å²) in [6.45, 7) is 5.27. The Morgan fingerprint density at radius 1 is 1.12 bits per heavy atom. The molecule has 0 radical (unpaired) electrons. The number of hydrogen-bond acceptors (Lipinski definition) is 4. The van der Waals surface area contributed by atoms with Crippen LogP contribution in [-0.2, 0) is 17.9 Å². The van der Waals surface area contributed by atoms with Crippen LogP contribution in [0.3, 0.4) is 0 Å². The lowest BCUT2D eigenvalue weighted by molar-refractivity contribution is 0.0600. The van der Waals surface area contributed by atoms with Crippen LogP contribution in [0.2, 0.25) is 0 Å². The lowest BCUT2D eigenvalue weighted by Crippen LogP contribution is -2.07. The molecule has 0 aliphatic heterocycles. The molecule has 0 aliphatic rings. The van der Waals surface area contributed by atoms with E-state index in [1.54, 1.807) is 24.3 Å². The molecule has 1 aromatic heterocycles. The molecule has 0 saturated heterocycles. The van der Waals surface area contributed by atoms with Crippen LogP contribution in [0.5, 0.6) is 5.75 Å². The highest BCUT2D eigenvalue weighted by Crippen LogP contribution is 2.19. The molecule has 0 saturated carbocycles. The summed E-state index contributed by atoms with van der Waals surface area (Å²) in [6.07, 6.45) is 2.17. The molecule has 0 unspecified atom stereocenters. The molecule has 0 fully saturated rings. The second-order valence-corrected chi connectivity index (χ2v) is 6.21. The van der Waals surface area contributed by atoms with Crippen molar-refractivity contribution in [1.29, 1.82) is 0 Å². The van der Waals surface area contributed by atoms with Gasteiger partial charge in [0.2, 0.25) is 0 Å². The number of hydrogen-bond donors (Lipinski definition) is 0. The van der Waals surface area contributed by atoms with E-state index >= 15 is 0 Å². The molecule has 26 heavy (non-hydrogen) atoms. The van der Waals surface area contributed by atoms with E-state index in [2.05, 4.69) is 30.6 Å². The number of allylic oxidation sites excluding steroid dienone is 2. The predicted molar refractivity (Wildman–Crippen MR) is 101 cm³/mol. The second-order valence-electron chi connectivity index (χ2n) is 6.21. The summed E-state index contributed by atoms with van der Waals surface area (Å²) < 4.78 is 12.7. The molecule has 0 amide bonds. The molecule has 0 bridgehead atoms. The standard InChI is InChI=1S/C21H22N2O3/c1-15(2)12-13-23-19-7-5-4-6-18(19)22-20(23)14-26-17-10-8-16(9-11-17)21(24)25-3/h4-12H,13-14H2,1-3H3. The minimum Gasteiger partial charge on any atom is -0.486 e. The molecular weight excluding hydrogens is 328 g/mol. The fourth-order valence-corrected chi connectivity index (χ4v) is 2.67. The molecule has 3 rings (SSSR count). The maximum absolute atomic E-state index is 11.5. The van der Waals surface area contributed by atoms with E-state index in [4.69, 9.17) is 14.5 Å². The third-order valence-corrected chi connectivity index (χ3v) is 4.06. The van der Waals surface area contributed by atoms with Crippen LogP contribution in [0, 0.1) is 0 Å². The molecule has 0 N–H and O–H groups in total. The number of ether oxygens (including phenoxy) is 2. The van der Waals surface area contributed by atoms with Crippen molar-refractivity contribution in [2.75, 3.05) is 7.11 Å². The summed E-state index contributed by atoms with van der Waals surface area (Å²) in [5.74, 6) is 1.18. The fourth-order valence-electron chi connectivity index (χ4n) is 2.67. The van der Waals surface area contributed by atoms with Gasteiger partial charge in [-0.15, -0.1) is 0 Å². The van der Waals surface area contributed by atoms with Gasteiger partial charge in [-0.25, -0.2) is 9.78 Å². The monoisotopic (exact) mass is 350 g/mol. The van der Waals surface area contributed by atoms with E-state index in [1.165, 1.54) is 12.7 Å². The van der Waals surface area contributed by atoms with Crippen molar-refractivity contribution in [2.45, 2.75) is 27.0 Å². The first-order chi connectivity index (χ1) is 12.6. The topological polar surface area (TPSA) is 53.4 Å². The molecule has 134 valence electrons. The predicted octanol–water partition coefficient (Wildman–Crippen LogP) is 4.37. The number of carbonyl (C=O) groups is 1. The van der Waals surface area contributed by atoms with Crippen LogP contribution in [0.15, 0.2) is 60.2 Å². The van der Waals surface area contributed by atoms with E-state index in [0.29, 0.717) is 17.9 Å². The SMILES string of the molecule is COC(=O)c1ccc(OCc2nc3ccccc3n2CC=C(C)C)cc1. The van der Waals surface area contributed by atoms with Gasteiger partial charge in [-0.1, -0.05) is 23.8 Å². The summed E-state index contributed by atoms with van der Waals surface area (Å²) in [7, 11) is 1.36. The van der Waals surface area contributed by atoms with Gasteiger partial charge in [-0.3, -0.25) is 0 Å². The highest BCUT2D eigenvalue weighted by atomic mass is 16.5. The minimum atomic E-state index is -0.361. The summed E-state index contributed by atoms with van der Waals surface area (Å²) in [4.78, 5) is 16.2. The van der Waals surface area contributed by atoms with Gasteiger partial charge in [0.1, 0.15) is 18.2 Å². The Bertz CT molecular complexity index is 936. The number of carbonyl (C=O) groups excluding carboxylic acids is 1. The first kappa shape index (κ1) is 17.7. The zero-order valence-corrected chi connectivity index (χ0v) is 15.2. The van der Waals surface area contributed by atoms with Gasteiger partial charge in [0.15, 0.2) is 0 Å². The number of nitrogens with zero attached hydrogens (tertiary/aromatic N) is 2. The van der Waals surface area contributed by atoms with Gasteiger partial charge in [0.25, 0.3) is 0 Å². The van der Waals surface area contributed by atoms with Crippen molar-refractivity contribution >= 4 is 17.0 Å². The Labute approximate surface area is 152 Å². The van der Waals surface area contributed by atoms with Crippen LogP contribution in [0.1, 0.15) is 30.0 Å². The highest BCUT2D eigenvalue weighted by Gasteiger charge is 2.11. The number of para-hydroxylation sites is 2. The summed E-state index contributed by atoms with van der Waals surface area (Å²) >= 11 is 0. The van der Waals surface area contributed by atoms with Gasteiger partial charge >= 0.3 is 5.97 Å². The van der Waals surface area contributed by atoms with Crippen LogP contribution < -0.4 is 4.74 Å². The lowest BCUT2D eigenvalue weighted by atomic mass is 10.2. The fraction of sp³-hybridized carbons (Fsp3) is 0.238. The van der Waals surface area contributed by atoms with Crippen molar-refractivity contribution in [3.8, 4) is 5.75 Å². The molecule has 3 aromatic rings. The van der Waals surface area contributed by atoms with Crippen molar-refractivity contribution in [1.82, 2.24) is 9.55 Å². The molecule has 0 aliphatic carbocycles. The van der Waals surface area contributed by atoms with Gasteiger partial charge in [0.05, 0.1) is 23.7 Å². The third kappa shape index (κ3) is 3.94. The number of imidazole rings is 1. The molecule has 5 nitrogen and oxygen atoms in total. The zero-order valence-electron chi connectivity index (χ0n) is 15.2. The number of esters is 1. The molecular formula is C21H22N2O3. The normalized spacial score (nSPS) is 10.6. The first-order valence-electron chi connectivity index (χ1n) is 8.47. The molecule has 1 heterocycles. The minimum absolute atomic E-state index is 0.350. The van der Waals surface area contributed by atoms with E-state index in [0.717, 1.165) is 23.4 Å². The highest BCUT2D eigenvalue weighted by molar-refractivity contribution is 5.89. The van der Waals surface area contributed by atoms with E-state index in [-0.39, 0.29) is 5.97 Å². The number of rotatable bonds is 6. The maximum atomic E-state index is 11.5. The Morgan fingerprint density at radius 3 is 2.54 bits per heavy atom. The van der Waals surface area contributed by atoms with Crippen molar-refractivity contribution in [3.63, 3.8) is 0 Å². The van der Waals surface area contributed by atoms with E-state index < -0.39 is 0 Å². The summed E-state index contributed by atoms with van der Waals surface area (Å²) in [5, 5.41) is 0. The lowest BCUT2D eigenvalue weighted by Gasteiger charge is -2.09. The molecule has 0 atom stereocenters. The number of benzene rings is 2. The van der Waals surface area contributed by atoms with Crippen molar-refractivity contribution < 1.29 is 14.3 Å². The zero-order chi connectivity index (χ0) is 18.5. The molecule has 5 heteroatoms. The van der Waals surface area contributed by atoms with Crippen molar-refractivity contribution in [3.05, 3.63) is 71.6 Å². The average molecular weight is 350 g/mol. The summed E-state index contributed by atoms with van der Waals surface area (Å²) in [6, 6.07) is 15.0. The van der Waals surface area contributed by atoms with Gasteiger partial charge < -0.3 is 14.0 Å². The Hall–Kier alpha value is -3.08. The third-order valence-electron chi connectivity index (χ3n) is 4.06. The van der Waals surface area contributed by atoms with Gasteiger partial charge in [0, 0.05) is 6.54 Å². The maximum Gasteiger partial charge on any atom is 0.337 e. The van der Waals surface area contributed by atoms with Crippen molar-refractivity contribution in [2.24, 2.45) is 0 Å². The smallest absolute Gasteiger partial charge is 0.337 e. The Balaban J connectivity index is 1.81. The quantitative estimate of drug-likeness (QED) is 0.489. The van der Waals surface area contributed by atoms with E-state index in [9.17, 15) is 4.79 Å². The van der Waals surface area contributed by atoms with E-state index in [1.807, 2.05) is 18.2 Å². The van der Waals surface area contributed by atoms with Gasteiger partial charge in [-0.2, -0.15) is 0 Å². The number of methoxy groups -OCH3 is 1. The van der Waals surface area contributed by atoms with Crippen LogP contribution in [0.4, 0.5) is 0 Å². The van der Waals surface area contributed by atoms with Crippen LogP contribution in [0.25, 0.3) is 11.0 Å². The Morgan fingerprint density at radius 2 is 1.85 bits per heavy atom. The van der Waals surface area contributed by atoms with Gasteiger partial charge in [-0.05, 0) is 50.2 Å². The molecule has 2 aromatic carbocycles. The van der Waals surface area contributed by atoms with Crippen LogP contribution in [-0.4, -0.2) is 22.6 Å². The first-order valence-corrected chi connectivity index (χ1v) is 8.47. The average Bonchev–Trinajstić information content (AvgIpc) is 3.02.